The van der Waals surface area contributed by atoms with E-state index >= 15 is 0 Å². The van der Waals surface area contributed by atoms with Gasteiger partial charge < -0.3 is 9.26 Å². The van der Waals surface area contributed by atoms with Crippen molar-refractivity contribution in [1.29, 1.82) is 0 Å². The normalized spacial score (nSPS) is 11.6. The van der Waals surface area contributed by atoms with Gasteiger partial charge in [0.15, 0.2) is 0 Å². The summed E-state index contributed by atoms with van der Waals surface area (Å²) in [6, 6.07) is 10.6. The summed E-state index contributed by atoms with van der Waals surface area (Å²) in [6.45, 7) is 1.91. The molecule has 0 aliphatic heterocycles. The van der Waals surface area contributed by atoms with Crippen molar-refractivity contribution >= 4 is 21.4 Å². The van der Waals surface area contributed by atoms with Crippen molar-refractivity contribution in [3.05, 3.63) is 47.2 Å². The number of aromatic nitrogens is 2. The van der Waals surface area contributed by atoms with E-state index in [1.807, 2.05) is 31.2 Å². The van der Waals surface area contributed by atoms with Gasteiger partial charge >= 0.3 is 0 Å². The minimum absolute atomic E-state index is 0.0708. The van der Waals surface area contributed by atoms with Crippen LogP contribution < -0.4 is 9.46 Å². The SMILES string of the molecule is CCc1ccc(S(=O)(=O)NCc2nc(-c3cccc(OC)c3)no2)s1. The van der Waals surface area contributed by atoms with Gasteiger partial charge in [0.25, 0.3) is 10.0 Å². The van der Waals surface area contributed by atoms with E-state index < -0.39 is 10.0 Å². The summed E-state index contributed by atoms with van der Waals surface area (Å²) in [5.41, 5.74) is 0.725. The lowest BCUT2D eigenvalue weighted by Gasteiger charge is -2.01. The highest BCUT2D eigenvalue weighted by atomic mass is 32.2. The molecular formula is C16H17N3O4S2. The maximum Gasteiger partial charge on any atom is 0.250 e. The number of ether oxygens (including phenoxy) is 1. The van der Waals surface area contributed by atoms with E-state index in [1.54, 1.807) is 19.2 Å². The standard InChI is InChI=1S/C16H17N3O4S2/c1-3-13-7-8-15(24-13)25(20,21)17-10-14-18-16(19-23-14)11-5-4-6-12(9-11)22-2/h4-9,17H,3,10H2,1-2H3. The van der Waals surface area contributed by atoms with Crippen LogP contribution in [0.15, 0.2) is 45.1 Å². The average Bonchev–Trinajstić information content (AvgIpc) is 3.30. The molecule has 3 rings (SSSR count). The van der Waals surface area contributed by atoms with Crippen LogP contribution in [0, 0.1) is 0 Å². The minimum Gasteiger partial charge on any atom is -0.497 e. The van der Waals surface area contributed by atoms with Gasteiger partial charge in [0, 0.05) is 10.4 Å². The summed E-state index contributed by atoms with van der Waals surface area (Å²) < 4.78 is 37.6. The maximum absolute atomic E-state index is 12.3. The zero-order chi connectivity index (χ0) is 17.9. The van der Waals surface area contributed by atoms with Crippen molar-refractivity contribution in [2.45, 2.75) is 24.1 Å². The van der Waals surface area contributed by atoms with Gasteiger partial charge in [0.2, 0.25) is 11.7 Å². The Kier molecular flexibility index (Phi) is 5.16. The van der Waals surface area contributed by atoms with Gasteiger partial charge in [-0.25, -0.2) is 13.1 Å². The van der Waals surface area contributed by atoms with Gasteiger partial charge in [-0.3, -0.25) is 0 Å². The molecule has 25 heavy (non-hydrogen) atoms. The number of hydrogen-bond acceptors (Lipinski definition) is 7. The molecule has 0 aliphatic rings. The first-order valence-electron chi connectivity index (χ1n) is 7.57. The molecule has 0 amide bonds. The number of nitrogens with zero attached hydrogens (tertiary/aromatic N) is 2. The third-order valence-corrected chi connectivity index (χ3v) is 6.58. The van der Waals surface area contributed by atoms with Crippen LogP contribution in [0.5, 0.6) is 5.75 Å². The van der Waals surface area contributed by atoms with Crippen molar-refractivity contribution in [3.63, 3.8) is 0 Å². The Morgan fingerprint density at radius 1 is 1.28 bits per heavy atom. The highest BCUT2D eigenvalue weighted by molar-refractivity contribution is 7.91. The number of sulfonamides is 1. The van der Waals surface area contributed by atoms with Gasteiger partial charge in [0.1, 0.15) is 9.96 Å². The molecule has 2 aromatic heterocycles. The fourth-order valence-electron chi connectivity index (χ4n) is 2.13. The van der Waals surface area contributed by atoms with Crippen LogP contribution in [-0.4, -0.2) is 25.7 Å². The molecule has 1 aromatic carbocycles. The van der Waals surface area contributed by atoms with Crippen LogP contribution in [0.25, 0.3) is 11.4 Å². The molecule has 132 valence electrons. The van der Waals surface area contributed by atoms with Gasteiger partial charge in [0.05, 0.1) is 13.7 Å². The van der Waals surface area contributed by atoms with E-state index in [4.69, 9.17) is 9.26 Å². The van der Waals surface area contributed by atoms with Crippen molar-refractivity contribution < 1.29 is 17.7 Å². The molecule has 0 fully saturated rings. The number of thiophene rings is 1. The van der Waals surface area contributed by atoms with Gasteiger partial charge in [-0.1, -0.05) is 24.2 Å². The Morgan fingerprint density at radius 2 is 2.12 bits per heavy atom. The summed E-state index contributed by atoms with van der Waals surface area (Å²) >= 11 is 1.25. The maximum atomic E-state index is 12.3. The van der Waals surface area contributed by atoms with E-state index in [0.29, 0.717) is 11.6 Å². The summed E-state index contributed by atoms with van der Waals surface area (Å²) in [4.78, 5) is 5.23. The van der Waals surface area contributed by atoms with E-state index in [-0.39, 0.29) is 16.6 Å². The molecule has 0 radical (unpaired) electrons. The molecular weight excluding hydrogens is 362 g/mol. The van der Waals surface area contributed by atoms with E-state index in [9.17, 15) is 8.42 Å². The Balaban J connectivity index is 1.71. The summed E-state index contributed by atoms with van der Waals surface area (Å²) in [6.07, 6.45) is 0.799. The molecule has 0 atom stereocenters. The highest BCUT2D eigenvalue weighted by Crippen LogP contribution is 2.23. The van der Waals surface area contributed by atoms with Crippen LogP contribution in [0.4, 0.5) is 0 Å². The quantitative estimate of drug-likeness (QED) is 0.678. The van der Waals surface area contributed by atoms with Crippen LogP contribution in [0.1, 0.15) is 17.7 Å². The molecule has 0 bridgehead atoms. The minimum atomic E-state index is -3.59. The van der Waals surface area contributed by atoms with Crippen LogP contribution >= 0.6 is 11.3 Å². The van der Waals surface area contributed by atoms with Crippen LogP contribution in [0.2, 0.25) is 0 Å². The molecule has 0 aliphatic carbocycles. The van der Waals surface area contributed by atoms with Crippen LogP contribution in [0.3, 0.4) is 0 Å². The third kappa shape index (κ3) is 4.06. The molecule has 0 spiro atoms. The Morgan fingerprint density at radius 3 is 2.84 bits per heavy atom. The smallest absolute Gasteiger partial charge is 0.250 e. The van der Waals surface area contributed by atoms with Crippen molar-refractivity contribution in [2.24, 2.45) is 0 Å². The second-order valence-corrected chi connectivity index (χ2v) is 8.30. The first-order valence-corrected chi connectivity index (χ1v) is 9.87. The third-order valence-electron chi connectivity index (χ3n) is 3.46. The van der Waals surface area contributed by atoms with Crippen molar-refractivity contribution in [3.8, 4) is 17.1 Å². The topological polar surface area (TPSA) is 94.3 Å². The lowest BCUT2D eigenvalue weighted by Crippen LogP contribution is -2.22. The molecule has 7 nitrogen and oxygen atoms in total. The first kappa shape index (κ1) is 17.6. The molecule has 3 aromatic rings. The number of aryl methyl sites for hydroxylation is 1. The number of methoxy groups -OCH3 is 1. The zero-order valence-electron chi connectivity index (χ0n) is 13.7. The Labute approximate surface area is 149 Å². The van der Waals surface area contributed by atoms with Gasteiger partial charge in [-0.2, -0.15) is 4.98 Å². The molecule has 0 saturated heterocycles. The second-order valence-electron chi connectivity index (χ2n) is 5.14. The van der Waals surface area contributed by atoms with Crippen LogP contribution in [-0.2, 0) is 23.0 Å². The highest BCUT2D eigenvalue weighted by Gasteiger charge is 2.18. The molecule has 1 N–H and O–H groups in total. The number of benzene rings is 1. The van der Waals surface area contributed by atoms with E-state index in [1.165, 1.54) is 11.3 Å². The Bertz CT molecular complexity index is 963. The number of rotatable bonds is 7. The summed E-state index contributed by atoms with van der Waals surface area (Å²) in [7, 11) is -2.02. The lowest BCUT2D eigenvalue weighted by molar-refractivity contribution is 0.376. The Hall–Kier alpha value is -2.23. The van der Waals surface area contributed by atoms with E-state index in [2.05, 4.69) is 14.9 Å². The largest absolute Gasteiger partial charge is 0.497 e. The monoisotopic (exact) mass is 379 g/mol. The zero-order valence-corrected chi connectivity index (χ0v) is 15.4. The fourth-order valence-corrected chi connectivity index (χ4v) is 4.44. The number of hydrogen-bond donors (Lipinski definition) is 1. The van der Waals surface area contributed by atoms with Gasteiger partial charge in [-0.15, -0.1) is 11.3 Å². The van der Waals surface area contributed by atoms with Crippen molar-refractivity contribution in [2.75, 3.05) is 7.11 Å². The lowest BCUT2D eigenvalue weighted by atomic mass is 10.2. The second kappa shape index (κ2) is 7.34. The molecule has 0 unspecified atom stereocenters. The predicted octanol–water partition coefficient (Wildman–Crippen LogP) is 2.85. The van der Waals surface area contributed by atoms with Gasteiger partial charge in [-0.05, 0) is 30.7 Å². The fraction of sp³-hybridized carbons (Fsp3) is 0.250. The molecule has 2 heterocycles. The van der Waals surface area contributed by atoms with E-state index in [0.717, 1.165) is 16.9 Å². The molecule has 0 saturated carbocycles. The summed E-state index contributed by atoms with van der Waals surface area (Å²) in [5.74, 6) is 1.24. The molecule has 9 heteroatoms. The predicted molar refractivity (Wildman–Crippen MR) is 94.0 cm³/mol. The average molecular weight is 379 g/mol. The first-order chi connectivity index (χ1) is 12.0. The number of nitrogens with one attached hydrogen (secondary N) is 1. The van der Waals surface area contributed by atoms with Crippen molar-refractivity contribution in [1.82, 2.24) is 14.9 Å². The summed E-state index contributed by atoms with van der Waals surface area (Å²) in [5, 5.41) is 3.88.